The van der Waals surface area contributed by atoms with Crippen LogP contribution in [0.25, 0.3) is 5.69 Å². The molecule has 7 heteroatoms. The molecule has 0 unspecified atom stereocenters. The molecule has 0 amide bonds. The third kappa shape index (κ3) is 3.11. The van der Waals surface area contributed by atoms with Crippen LogP contribution in [0.4, 0.5) is 5.69 Å². The van der Waals surface area contributed by atoms with Gasteiger partial charge in [0.25, 0.3) is 0 Å². The standard InChI is InChI=1S/C16H22N4O2S/c1-13-16(18-9-11-19(12-10-18)23(3,21)22)14(2)20(17-13)15-7-5-4-6-8-15/h4-8H,9-12H2,1-3H3. The van der Waals surface area contributed by atoms with Gasteiger partial charge in [-0.2, -0.15) is 9.40 Å². The van der Waals surface area contributed by atoms with Gasteiger partial charge in [-0.15, -0.1) is 0 Å². The van der Waals surface area contributed by atoms with E-state index < -0.39 is 10.0 Å². The highest BCUT2D eigenvalue weighted by molar-refractivity contribution is 7.88. The molecule has 124 valence electrons. The molecule has 1 aliphatic rings. The lowest BCUT2D eigenvalue weighted by atomic mass is 10.2. The SMILES string of the molecule is Cc1nn(-c2ccccc2)c(C)c1N1CCN(S(C)(=O)=O)CC1. The predicted octanol–water partition coefficient (Wildman–Crippen LogP) is 1.57. The van der Waals surface area contributed by atoms with Gasteiger partial charge in [0, 0.05) is 26.2 Å². The Morgan fingerprint density at radius 2 is 1.61 bits per heavy atom. The molecular formula is C16H22N4O2S. The van der Waals surface area contributed by atoms with Crippen molar-refractivity contribution in [3.8, 4) is 5.69 Å². The molecule has 1 aromatic carbocycles. The normalized spacial score (nSPS) is 16.7. The van der Waals surface area contributed by atoms with Gasteiger partial charge < -0.3 is 4.90 Å². The number of sulfonamides is 1. The van der Waals surface area contributed by atoms with Gasteiger partial charge in [-0.25, -0.2) is 13.1 Å². The largest absolute Gasteiger partial charge is 0.366 e. The summed E-state index contributed by atoms with van der Waals surface area (Å²) in [6, 6.07) is 10.0. The van der Waals surface area contributed by atoms with Crippen molar-refractivity contribution in [2.45, 2.75) is 13.8 Å². The molecule has 1 saturated heterocycles. The first-order valence-corrected chi connectivity index (χ1v) is 9.54. The molecule has 0 N–H and O–H groups in total. The van der Waals surface area contributed by atoms with E-state index in [2.05, 4.69) is 16.9 Å². The highest BCUT2D eigenvalue weighted by Crippen LogP contribution is 2.27. The fourth-order valence-corrected chi connectivity index (χ4v) is 3.98. The van der Waals surface area contributed by atoms with Gasteiger partial charge in [0.2, 0.25) is 10.0 Å². The molecule has 2 aromatic rings. The van der Waals surface area contributed by atoms with E-state index in [4.69, 9.17) is 0 Å². The van der Waals surface area contributed by atoms with E-state index in [1.54, 1.807) is 0 Å². The van der Waals surface area contributed by atoms with Crippen molar-refractivity contribution in [2.75, 3.05) is 37.3 Å². The molecule has 2 heterocycles. The summed E-state index contributed by atoms with van der Waals surface area (Å²) in [7, 11) is -3.10. The second-order valence-corrected chi connectivity index (χ2v) is 7.90. The van der Waals surface area contributed by atoms with Gasteiger partial charge in [-0.1, -0.05) is 18.2 Å². The number of piperazine rings is 1. The highest BCUT2D eigenvalue weighted by Gasteiger charge is 2.26. The first-order valence-electron chi connectivity index (χ1n) is 7.69. The lowest BCUT2D eigenvalue weighted by Gasteiger charge is -2.34. The molecule has 0 saturated carbocycles. The number of benzene rings is 1. The van der Waals surface area contributed by atoms with Crippen LogP contribution in [0.15, 0.2) is 30.3 Å². The lowest BCUT2D eigenvalue weighted by Crippen LogP contribution is -2.48. The second kappa shape index (κ2) is 5.98. The maximum absolute atomic E-state index is 11.6. The Balaban J connectivity index is 1.86. The van der Waals surface area contributed by atoms with Crippen LogP contribution >= 0.6 is 0 Å². The zero-order valence-corrected chi connectivity index (χ0v) is 14.5. The van der Waals surface area contributed by atoms with E-state index in [1.807, 2.05) is 41.9 Å². The van der Waals surface area contributed by atoms with E-state index in [0.717, 1.165) is 22.8 Å². The minimum Gasteiger partial charge on any atom is -0.366 e. The Hall–Kier alpha value is -1.86. The minimum absolute atomic E-state index is 0.522. The van der Waals surface area contributed by atoms with E-state index in [0.29, 0.717) is 26.2 Å². The second-order valence-electron chi connectivity index (χ2n) is 5.92. The van der Waals surface area contributed by atoms with Crippen molar-refractivity contribution in [2.24, 2.45) is 0 Å². The van der Waals surface area contributed by atoms with E-state index in [1.165, 1.54) is 10.6 Å². The van der Waals surface area contributed by atoms with E-state index >= 15 is 0 Å². The first kappa shape index (κ1) is 16.0. The summed E-state index contributed by atoms with van der Waals surface area (Å²) in [6.45, 7) is 6.49. The molecule has 1 fully saturated rings. The Morgan fingerprint density at radius 1 is 1.00 bits per heavy atom. The van der Waals surface area contributed by atoms with Crippen LogP contribution in [-0.2, 0) is 10.0 Å². The number of rotatable bonds is 3. The summed E-state index contributed by atoms with van der Waals surface area (Å²) < 4.78 is 26.8. The van der Waals surface area contributed by atoms with Crippen LogP contribution in [0.2, 0.25) is 0 Å². The van der Waals surface area contributed by atoms with Gasteiger partial charge in [0.05, 0.1) is 29.0 Å². The minimum atomic E-state index is -3.10. The maximum Gasteiger partial charge on any atom is 0.211 e. The van der Waals surface area contributed by atoms with Crippen molar-refractivity contribution < 1.29 is 8.42 Å². The van der Waals surface area contributed by atoms with E-state index in [-0.39, 0.29) is 0 Å². The van der Waals surface area contributed by atoms with Crippen molar-refractivity contribution in [3.05, 3.63) is 41.7 Å². The number of anilines is 1. The van der Waals surface area contributed by atoms with Crippen LogP contribution in [0.1, 0.15) is 11.4 Å². The molecular weight excluding hydrogens is 312 g/mol. The third-order valence-electron chi connectivity index (χ3n) is 4.28. The molecule has 0 atom stereocenters. The van der Waals surface area contributed by atoms with Crippen LogP contribution in [0.3, 0.4) is 0 Å². The maximum atomic E-state index is 11.6. The molecule has 3 rings (SSSR count). The summed E-state index contributed by atoms with van der Waals surface area (Å²) in [5, 5.41) is 4.67. The van der Waals surface area contributed by atoms with Crippen LogP contribution in [0, 0.1) is 13.8 Å². The fraction of sp³-hybridized carbons (Fsp3) is 0.438. The molecule has 0 aliphatic carbocycles. The summed E-state index contributed by atoms with van der Waals surface area (Å²) in [5.41, 5.74) is 4.21. The average molecular weight is 334 g/mol. The third-order valence-corrected chi connectivity index (χ3v) is 5.58. The van der Waals surface area contributed by atoms with E-state index in [9.17, 15) is 8.42 Å². The number of aryl methyl sites for hydroxylation is 1. The van der Waals surface area contributed by atoms with Crippen LogP contribution in [0.5, 0.6) is 0 Å². The molecule has 6 nitrogen and oxygen atoms in total. The van der Waals surface area contributed by atoms with Crippen LogP contribution in [-0.4, -0.2) is 54.9 Å². The fourth-order valence-electron chi connectivity index (χ4n) is 3.16. The zero-order chi connectivity index (χ0) is 16.6. The Kier molecular flexibility index (Phi) is 4.16. The van der Waals surface area contributed by atoms with Crippen molar-refractivity contribution in [3.63, 3.8) is 0 Å². The average Bonchev–Trinajstić information content (AvgIpc) is 2.82. The van der Waals surface area contributed by atoms with Crippen molar-refractivity contribution in [1.82, 2.24) is 14.1 Å². The van der Waals surface area contributed by atoms with Crippen LogP contribution < -0.4 is 4.90 Å². The topological polar surface area (TPSA) is 58.4 Å². The highest BCUT2D eigenvalue weighted by atomic mass is 32.2. The lowest BCUT2D eigenvalue weighted by molar-refractivity contribution is 0.387. The Labute approximate surface area is 137 Å². The molecule has 23 heavy (non-hydrogen) atoms. The van der Waals surface area contributed by atoms with Gasteiger partial charge in [0.15, 0.2) is 0 Å². The van der Waals surface area contributed by atoms with Crippen molar-refractivity contribution in [1.29, 1.82) is 0 Å². The zero-order valence-electron chi connectivity index (χ0n) is 13.7. The summed E-state index contributed by atoms with van der Waals surface area (Å²) in [6.07, 6.45) is 1.27. The molecule has 0 bridgehead atoms. The number of nitrogens with zero attached hydrogens (tertiary/aromatic N) is 4. The van der Waals surface area contributed by atoms with Gasteiger partial charge in [-0.05, 0) is 26.0 Å². The molecule has 1 aromatic heterocycles. The van der Waals surface area contributed by atoms with Crippen molar-refractivity contribution >= 4 is 15.7 Å². The molecule has 0 radical (unpaired) electrons. The first-order chi connectivity index (χ1) is 10.9. The number of para-hydroxylation sites is 1. The monoisotopic (exact) mass is 334 g/mol. The summed E-state index contributed by atoms with van der Waals surface area (Å²) >= 11 is 0. The van der Waals surface area contributed by atoms with Gasteiger partial charge in [-0.3, -0.25) is 0 Å². The predicted molar refractivity (Wildman–Crippen MR) is 91.7 cm³/mol. The number of hydrogen-bond donors (Lipinski definition) is 0. The number of hydrogen-bond acceptors (Lipinski definition) is 4. The molecule has 1 aliphatic heterocycles. The Bertz CT molecular complexity index is 791. The summed E-state index contributed by atoms with van der Waals surface area (Å²) in [5.74, 6) is 0. The molecule has 0 spiro atoms. The summed E-state index contributed by atoms with van der Waals surface area (Å²) in [4.78, 5) is 2.23. The number of aromatic nitrogens is 2. The van der Waals surface area contributed by atoms with Gasteiger partial charge in [0.1, 0.15) is 0 Å². The smallest absolute Gasteiger partial charge is 0.211 e. The Morgan fingerprint density at radius 3 is 2.17 bits per heavy atom. The van der Waals surface area contributed by atoms with Gasteiger partial charge >= 0.3 is 0 Å². The quantitative estimate of drug-likeness (QED) is 0.855.